The fraction of sp³-hybridized carbons (Fsp3) is 0.125. The molecule has 0 unspecified atom stereocenters. The number of hydrogen-bond acceptors (Lipinski definition) is 4. The van der Waals surface area contributed by atoms with Gasteiger partial charge in [0.15, 0.2) is 0 Å². The minimum atomic E-state index is -0.389. The van der Waals surface area contributed by atoms with Crippen LogP contribution in [-0.2, 0) is 9.59 Å². The molecular formula is C16H14N2O2S. The normalized spacial score (nSPS) is 18.3. The largest absolute Gasteiger partial charge is 0.399 e. The maximum Gasteiger partial charge on any atom is 0.247 e. The van der Waals surface area contributed by atoms with E-state index >= 15 is 0 Å². The van der Waals surface area contributed by atoms with E-state index in [0.29, 0.717) is 11.4 Å². The van der Waals surface area contributed by atoms with Crippen LogP contribution in [0.4, 0.5) is 11.4 Å². The summed E-state index contributed by atoms with van der Waals surface area (Å²) in [6.07, 6.45) is 0.215. The predicted octanol–water partition coefficient (Wildman–Crippen LogP) is 2.69. The third kappa shape index (κ3) is 2.78. The average molecular weight is 298 g/mol. The van der Waals surface area contributed by atoms with Crippen LogP contribution >= 0.6 is 11.8 Å². The first-order valence-corrected chi connectivity index (χ1v) is 7.47. The van der Waals surface area contributed by atoms with Crippen LogP contribution in [0.3, 0.4) is 0 Å². The minimum Gasteiger partial charge on any atom is -0.399 e. The lowest BCUT2D eigenvalue weighted by atomic mass is 10.3. The smallest absolute Gasteiger partial charge is 0.247 e. The van der Waals surface area contributed by atoms with Crippen molar-refractivity contribution in [3.63, 3.8) is 0 Å². The van der Waals surface area contributed by atoms with Crippen LogP contribution in [0.2, 0.25) is 0 Å². The quantitative estimate of drug-likeness (QED) is 0.699. The second-order valence-corrected chi connectivity index (χ2v) is 6.06. The molecule has 0 aromatic heterocycles. The van der Waals surface area contributed by atoms with Gasteiger partial charge < -0.3 is 5.73 Å². The maximum atomic E-state index is 12.5. The van der Waals surface area contributed by atoms with E-state index in [-0.39, 0.29) is 23.5 Å². The van der Waals surface area contributed by atoms with E-state index < -0.39 is 0 Å². The second-order valence-electron chi connectivity index (χ2n) is 4.79. The van der Waals surface area contributed by atoms with Crippen LogP contribution < -0.4 is 10.6 Å². The average Bonchev–Trinajstić information content (AvgIpc) is 2.74. The van der Waals surface area contributed by atoms with Crippen molar-refractivity contribution in [3.8, 4) is 0 Å². The van der Waals surface area contributed by atoms with Gasteiger partial charge in [0.25, 0.3) is 0 Å². The summed E-state index contributed by atoms with van der Waals surface area (Å²) in [7, 11) is 0. The molecule has 1 saturated heterocycles. The Balaban J connectivity index is 1.81. The first-order chi connectivity index (χ1) is 10.1. The zero-order chi connectivity index (χ0) is 14.8. The summed E-state index contributed by atoms with van der Waals surface area (Å²) in [5.41, 5.74) is 7.02. The van der Waals surface area contributed by atoms with Crippen molar-refractivity contribution in [1.29, 1.82) is 0 Å². The van der Waals surface area contributed by atoms with E-state index in [0.717, 1.165) is 4.90 Å². The van der Waals surface area contributed by atoms with Crippen molar-refractivity contribution in [2.75, 3.05) is 10.6 Å². The first kappa shape index (κ1) is 13.7. The molecule has 2 aromatic rings. The Labute approximate surface area is 126 Å². The van der Waals surface area contributed by atoms with Gasteiger partial charge in [0.2, 0.25) is 11.8 Å². The molecule has 1 aliphatic heterocycles. The van der Waals surface area contributed by atoms with Crippen LogP contribution in [0.15, 0.2) is 59.5 Å². The van der Waals surface area contributed by atoms with Gasteiger partial charge in [-0.05, 0) is 30.3 Å². The van der Waals surface area contributed by atoms with Gasteiger partial charge in [0.1, 0.15) is 0 Å². The van der Waals surface area contributed by atoms with E-state index in [2.05, 4.69) is 0 Å². The highest BCUT2D eigenvalue weighted by Crippen LogP contribution is 2.34. The molecule has 1 atom stereocenters. The van der Waals surface area contributed by atoms with E-state index in [4.69, 9.17) is 5.73 Å². The molecule has 1 heterocycles. The molecule has 1 aliphatic rings. The van der Waals surface area contributed by atoms with Gasteiger partial charge in [-0.15, -0.1) is 11.8 Å². The summed E-state index contributed by atoms with van der Waals surface area (Å²) in [5.74, 6) is -0.328. The number of carbonyl (C=O) groups excluding carboxylic acids is 2. The third-order valence-corrected chi connectivity index (χ3v) is 4.43. The Morgan fingerprint density at radius 2 is 1.81 bits per heavy atom. The number of imide groups is 1. The number of thioether (sulfide) groups is 1. The first-order valence-electron chi connectivity index (χ1n) is 6.59. The number of carbonyl (C=O) groups is 2. The molecule has 1 fully saturated rings. The number of nitrogens with two attached hydrogens (primary N) is 1. The zero-order valence-corrected chi connectivity index (χ0v) is 12.0. The maximum absolute atomic E-state index is 12.5. The molecule has 21 heavy (non-hydrogen) atoms. The summed E-state index contributed by atoms with van der Waals surface area (Å²) in [5, 5.41) is -0.389. The van der Waals surface area contributed by atoms with Crippen LogP contribution in [-0.4, -0.2) is 17.1 Å². The summed E-state index contributed by atoms with van der Waals surface area (Å²) < 4.78 is 0. The fourth-order valence-electron chi connectivity index (χ4n) is 2.30. The van der Waals surface area contributed by atoms with Gasteiger partial charge in [-0.1, -0.05) is 24.3 Å². The second kappa shape index (κ2) is 5.61. The monoisotopic (exact) mass is 298 g/mol. The Kier molecular flexibility index (Phi) is 3.66. The topological polar surface area (TPSA) is 63.4 Å². The van der Waals surface area contributed by atoms with Crippen molar-refractivity contribution in [1.82, 2.24) is 0 Å². The van der Waals surface area contributed by atoms with Gasteiger partial charge in [0, 0.05) is 17.0 Å². The molecule has 106 valence electrons. The summed E-state index contributed by atoms with van der Waals surface area (Å²) in [6.45, 7) is 0. The molecule has 0 aliphatic carbocycles. The molecule has 2 amide bonds. The number of para-hydroxylation sites is 1. The number of amides is 2. The predicted molar refractivity (Wildman–Crippen MR) is 84.1 cm³/mol. The van der Waals surface area contributed by atoms with Gasteiger partial charge in [0.05, 0.1) is 10.9 Å². The standard InChI is InChI=1S/C16H14N2O2S/c17-11-5-4-8-13(9-11)21-14-10-15(19)18(16(14)20)12-6-2-1-3-7-12/h1-9,14H,10,17H2/t14-/m0/s1. The van der Waals surface area contributed by atoms with Crippen molar-refractivity contribution in [2.45, 2.75) is 16.6 Å². The van der Waals surface area contributed by atoms with Crippen molar-refractivity contribution in [2.24, 2.45) is 0 Å². The van der Waals surface area contributed by atoms with Crippen LogP contribution in [0, 0.1) is 0 Å². The number of nitrogens with zero attached hydrogens (tertiary/aromatic N) is 1. The minimum absolute atomic E-state index is 0.160. The van der Waals surface area contributed by atoms with Gasteiger partial charge in [-0.3, -0.25) is 9.59 Å². The van der Waals surface area contributed by atoms with Crippen molar-refractivity contribution >= 4 is 35.0 Å². The van der Waals surface area contributed by atoms with E-state index in [1.165, 1.54) is 16.7 Å². The molecule has 3 rings (SSSR count). The van der Waals surface area contributed by atoms with E-state index in [9.17, 15) is 9.59 Å². The fourth-order valence-corrected chi connectivity index (χ4v) is 3.42. The van der Waals surface area contributed by atoms with Crippen molar-refractivity contribution in [3.05, 3.63) is 54.6 Å². The lowest BCUT2D eigenvalue weighted by Gasteiger charge is -2.14. The summed E-state index contributed by atoms with van der Waals surface area (Å²) >= 11 is 1.38. The zero-order valence-electron chi connectivity index (χ0n) is 11.2. The lowest BCUT2D eigenvalue weighted by molar-refractivity contribution is -0.121. The molecule has 2 N–H and O–H groups in total. The summed E-state index contributed by atoms with van der Waals surface area (Å²) in [6, 6.07) is 16.4. The number of benzene rings is 2. The van der Waals surface area contributed by atoms with E-state index in [1.54, 1.807) is 18.2 Å². The van der Waals surface area contributed by atoms with E-state index in [1.807, 2.05) is 36.4 Å². The van der Waals surface area contributed by atoms with Crippen molar-refractivity contribution < 1.29 is 9.59 Å². The molecule has 0 saturated carbocycles. The van der Waals surface area contributed by atoms with Crippen LogP contribution in [0.25, 0.3) is 0 Å². The molecule has 2 aromatic carbocycles. The van der Waals surface area contributed by atoms with Crippen LogP contribution in [0.1, 0.15) is 6.42 Å². The van der Waals surface area contributed by atoms with Gasteiger partial charge >= 0.3 is 0 Å². The molecule has 4 nitrogen and oxygen atoms in total. The molecular weight excluding hydrogens is 284 g/mol. The van der Waals surface area contributed by atoms with Gasteiger partial charge in [-0.25, -0.2) is 4.90 Å². The Bertz CT molecular complexity index is 688. The Hall–Kier alpha value is -2.27. The highest BCUT2D eigenvalue weighted by molar-refractivity contribution is 8.00. The summed E-state index contributed by atoms with van der Waals surface area (Å²) in [4.78, 5) is 26.7. The third-order valence-electron chi connectivity index (χ3n) is 3.26. The number of nitrogen functional groups attached to an aromatic ring is 1. The molecule has 0 bridgehead atoms. The Morgan fingerprint density at radius 3 is 2.52 bits per heavy atom. The SMILES string of the molecule is Nc1cccc(S[C@H]2CC(=O)N(c3ccccc3)C2=O)c1. The highest BCUT2D eigenvalue weighted by atomic mass is 32.2. The Morgan fingerprint density at radius 1 is 1.05 bits per heavy atom. The molecule has 5 heteroatoms. The molecule has 0 spiro atoms. The van der Waals surface area contributed by atoms with Crippen LogP contribution in [0.5, 0.6) is 0 Å². The van der Waals surface area contributed by atoms with Gasteiger partial charge in [-0.2, -0.15) is 0 Å². The highest BCUT2D eigenvalue weighted by Gasteiger charge is 2.39. The number of rotatable bonds is 3. The lowest BCUT2D eigenvalue weighted by Crippen LogP contribution is -2.30. The number of hydrogen-bond donors (Lipinski definition) is 1. The molecule has 0 radical (unpaired) electrons. The number of anilines is 2.